The average molecular weight is 666 g/mol. The Hall–Kier alpha value is -5.14. The highest BCUT2D eigenvalue weighted by Crippen LogP contribution is 2.30. The average Bonchev–Trinajstić information content (AvgIpc) is 3.68. The smallest absolute Gasteiger partial charge is 0.451 e. The normalized spacial score (nSPS) is 17.0. The summed E-state index contributed by atoms with van der Waals surface area (Å²) >= 11 is 0. The zero-order chi connectivity index (χ0) is 33.4. The molecule has 0 unspecified atom stereocenters. The number of rotatable bonds is 9. The molecule has 5 heterocycles. The van der Waals surface area contributed by atoms with Crippen LogP contribution in [0.4, 0.5) is 27.6 Å². The minimum Gasteiger partial charge on any atom is -0.486 e. The first-order valence-corrected chi connectivity index (χ1v) is 15.2. The van der Waals surface area contributed by atoms with Crippen molar-refractivity contribution in [3.05, 3.63) is 83.1 Å². The Balaban J connectivity index is 1.04. The number of aromatic amines is 1. The Morgan fingerprint density at radius 3 is 2.52 bits per heavy atom. The van der Waals surface area contributed by atoms with Crippen LogP contribution >= 0.6 is 0 Å². The number of nitrogens with one attached hydrogen (secondary N) is 1. The Kier molecular flexibility index (Phi) is 8.40. The maximum atomic E-state index is 14.6. The van der Waals surface area contributed by atoms with E-state index in [0.717, 1.165) is 29.5 Å². The summed E-state index contributed by atoms with van der Waals surface area (Å²) in [6.45, 7) is 4.20. The van der Waals surface area contributed by atoms with Crippen molar-refractivity contribution in [1.82, 2.24) is 34.6 Å². The van der Waals surface area contributed by atoms with Gasteiger partial charge in [0.2, 0.25) is 5.82 Å². The number of hydrogen-bond acceptors (Lipinski definition) is 9. The largest absolute Gasteiger partial charge is 0.486 e. The lowest BCUT2D eigenvalue weighted by Gasteiger charge is -2.36. The predicted octanol–water partition coefficient (Wildman–Crippen LogP) is 5.08. The second-order valence-corrected chi connectivity index (χ2v) is 11.6. The van der Waals surface area contributed by atoms with Crippen LogP contribution in [0.5, 0.6) is 5.75 Å². The number of alkyl halides is 3. The van der Waals surface area contributed by atoms with E-state index in [4.69, 9.17) is 19.7 Å². The van der Waals surface area contributed by atoms with Crippen molar-refractivity contribution in [3.8, 4) is 23.3 Å². The van der Waals surface area contributed by atoms with Gasteiger partial charge in [0.05, 0.1) is 48.1 Å². The molecule has 16 heteroatoms. The molecule has 0 bridgehead atoms. The highest BCUT2D eigenvalue weighted by molar-refractivity contribution is 5.79. The number of H-pyrrole nitrogens is 1. The molecule has 0 aliphatic carbocycles. The van der Waals surface area contributed by atoms with E-state index in [1.165, 1.54) is 18.2 Å². The molecule has 0 radical (unpaired) electrons. The number of anilines is 1. The molecule has 0 spiro atoms. The number of hydrogen-bond donors (Lipinski definition) is 1. The number of nitrogens with zero attached hydrogens (tertiary/aromatic N) is 8. The van der Waals surface area contributed by atoms with Gasteiger partial charge in [-0.3, -0.25) is 9.88 Å². The molecule has 1 atom stereocenters. The van der Waals surface area contributed by atoms with Gasteiger partial charge in [-0.1, -0.05) is 6.07 Å². The predicted molar refractivity (Wildman–Crippen MR) is 162 cm³/mol. The third-order valence-corrected chi connectivity index (χ3v) is 8.47. The molecule has 2 aromatic carbocycles. The van der Waals surface area contributed by atoms with Crippen molar-refractivity contribution < 1.29 is 31.4 Å². The van der Waals surface area contributed by atoms with E-state index in [1.54, 1.807) is 24.4 Å². The quantitative estimate of drug-likeness (QED) is 0.215. The van der Waals surface area contributed by atoms with E-state index in [9.17, 15) is 22.0 Å². The number of nitriles is 1. The minimum atomic E-state index is -4.66. The summed E-state index contributed by atoms with van der Waals surface area (Å²) in [6, 6.07) is 12.1. The summed E-state index contributed by atoms with van der Waals surface area (Å²) in [4.78, 5) is 15.7. The number of benzene rings is 2. The maximum Gasteiger partial charge on any atom is 0.451 e. The van der Waals surface area contributed by atoms with Crippen LogP contribution in [0.1, 0.15) is 29.2 Å². The molecule has 2 saturated heterocycles. The minimum absolute atomic E-state index is 0.00133. The zero-order valence-corrected chi connectivity index (χ0v) is 25.3. The monoisotopic (exact) mass is 665 g/mol. The van der Waals surface area contributed by atoms with Gasteiger partial charge in [-0.25, -0.2) is 13.8 Å². The summed E-state index contributed by atoms with van der Waals surface area (Å²) in [5.74, 6) is -1.69. The van der Waals surface area contributed by atoms with Gasteiger partial charge in [0.25, 0.3) is 0 Å². The summed E-state index contributed by atoms with van der Waals surface area (Å²) in [5.41, 5.74) is 2.66. The second-order valence-electron chi connectivity index (χ2n) is 11.6. The Bertz CT molecular complexity index is 1990. The highest BCUT2D eigenvalue weighted by atomic mass is 19.4. The van der Waals surface area contributed by atoms with Crippen molar-refractivity contribution in [2.75, 3.05) is 37.7 Å². The third-order valence-electron chi connectivity index (χ3n) is 8.47. The van der Waals surface area contributed by atoms with Gasteiger partial charge in [0, 0.05) is 50.1 Å². The fraction of sp³-hybridized carbons (Fsp3) is 0.344. The molecule has 248 valence electrons. The number of fused-ring (bicyclic) bond motifs is 1. The number of aromatic nitrogens is 6. The van der Waals surface area contributed by atoms with Crippen molar-refractivity contribution in [3.63, 3.8) is 0 Å². The standard InChI is InChI=1S/C32H28F5N9O2/c33-23-4-3-21(12-28(23)48-18-20-2-1-19(14-38)11-24(20)34)45-8-6-44(7-9-45)17-29-40-25-13-26(30-41-31(43-42-30)32(35,36)37)39-15-27(25)46(29)16-22-5-10-47-22/h1-4,11-13,15,22H,5-10,16-18H2,(H,41,42,43)/t22-/m0/s1. The molecule has 7 rings (SSSR count). The topological polar surface area (TPSA) is 121 Å². The Morgan fingerprint density at radius 2 is 1.83 bits per heavy atom. The summed E-state index contributed by atoms with van der Waals surface area (Å²) < 4.78 is 81.4. The van der Waals surface area contributed by atoms with Crippen molar-refractivity contribution in [2.24, 2.45) is 0 Å². The molecule has 5 aromatic rings. The molecule has 0 saturated carbocycles. The van der Waals surface area contributed by atoms with Crippen molar-refractivity contribution in [2.45, 2.75) is 38.4 Å². The molecular formula is C32H28F5N9O2. The first-order valence-electron chi connectivity index (χ1n) is 15.2. The molecule has 2 fully saturated rings. The first kappa shape index (κ1) is 31.5. The van der Waals surface area contributed by atoms with Crippen LogP contribution in [-0.4, -0.2) is 73.5 Å². The number of halogens is 5. The number of pyridine rings is 1. The number of imidazole rings is 1. The van der Waals surface area contributed by atoms with Gasteiger partial charge in [-0.15, -0.1) is 10.2 Å². The maximum absolute atomic E-state index is 14.6. The molecular weight excluding hydrogens is 637 g/mol. The molecule has 11 nitrogen and oxygen atoms in total. The Labute approximate surface area is 270 Å². The van der Waals surface area contributed by atoms with Gasteiger partial charge >= 0.3 is 6.18 Å². The van der Waals surface area contributed by atoms with Gasteiger partial charge in [0.1, 0.15) is 23.9 Å². The third kappa shape index (κ3) is 6.51. The molecule has 0 amide bonds. The second kappa shape index (κ2) is 12.8. The fourth-order valence-electron chi connectivity index (χ4n) is 5.72. The zero-order valence-electron chi connectivity index (χ0n) is 25.3. The van der Waals surface area contributed by atoms with E-state index in [0.29, 0.717) is 51.4 Å². The van der Waals surface area contributed by atoms with Crippen LogP contribution in [0.15, 0.2) is 48.7 Å². The number of piperazine rings is 1. The SMILES string of the molecule is N#Cc1ccc(COc2cc(N3CCN(Cc4nc5cc(-c6nnc(C(F)(F)F)[nH]6)ncc5n4C[C@@H]4CCO4)CC3)ccc2F)c(F)c1. The molecule has 48 heavy (non-hydrogen) atoms. The molecule has 1 N–H and O–H groups in total. The lowest BCUT2D eigenvalue weighted by Crippen LogP contribution is -2.46. The van der Waals surface area contributed by atoms with E-state index < -0.39 is 23.6 Å². The van der Waals surface area contributed by atoms with Crippen LogP contribution in [0.3, 0.4) is 0 Å². The van der Waals surface area contributed by atoms with Crippen LogP contribution in [0.25, 0.3) is 22.6 Å². The van der Waals surface area contributed by atoms with Crippen LogP contribution in [-0.2, 0) is 30.6 Å². The van der Waals surface area contributed by atoms with E-state index in [2.05, 4.69) is 30.0 Å². The molecule has 2 aliphatic heterocycles. The van der Waals surface area contributed by atoms with Gasteiger partial charge in [-0.05, 0) is 36.8 Å². The van der Waals surface area contributed by atoms with Crippen LogP contribution in [0, 0.1) is 23.0 Å². The number of ether oxygens (including phenoxy) is 2. The van der Waals surface area contributed by atoms with Crippen LogP contribution in [0.2, 0.25) is 0 Å². The highest BCUT2D eigenvalue weighted by Gasteiger charge is 2.35. The van der Waals surface area contributed by atoms with Crippen molar-refractivity contribution >= 4 is 16.7 Å². The summed E-state index contributed by atoms with van der Waals surface area (Å²) in [5, 5.41) is 15.8. The molecule has 2 aliphatic rings. The van der Waals surface area contributed by atoms with Crippen molar-refractivity contribution in [1.29, 1.82) is 5.26 Å². The van der Waals surface area contributed by atoms with E-state index >= 15 is 0 Å². The van der Waals surface area contributed by atoms with Crippen LogP contribution < -0.4 is 9.64 Å². The summed E-state index contributed by atoms with van der Waals surface area (Å²) in [6.07, 6.45) is -2.13. The van der Waals surface area contributed by atoms with Gasteiger partial charge in [-0.2, -0.15) is 18.4 Å². The fourth-order valence-corrected chi connectivity index (χ4v) is 5.72. The lowest BCUT2D eigenvalue weighted by atomic mass is 10.1. The van der Waals surface area contributed by atoms with Gasteiger partial charge in [0.15, 0.2) is 17.4 Å². The lowest BCUT2D eigenvalue weighted by molar-refractivity contribution is -0.144. The molecule has 3 aromatic heterocycles. The summed E-state index contributed by atoms with van der Waals surface area (Å²) in [7, 11) is 0. The first-order chi connectivity index (χ1) is 23.1. The van der Waals surface area contributed by atoms with Gasteiger partial charge < -0.3 is 23.9 Å². The van der Waals surface area contributed by atoms with E-state index in [-0.39, 0.29) is 41.1 Å². The Morgan fingerprint density at radius 1 is 1.02 bits per heavy atom. The van der Waals surface area contributed by atoms with E-state index in [1.807, 2.05) is 10.6 Å².